The molecule has 1 heterocycles. The highest BCUT2D eigenvalue weighted by atomic mass is 32.2. The maximum Gasteiger partial charge on any atom is 0.349 e. The third-order valence-electron chi connectivity index (χ3n) is 6.16. The van der Waals surface area contributed by atoms with Gasteiger partial charge in [0.05, 0.1) is 13.2 Å². The fraction of sp³-hybridized carbons (Fsp3) is 0.552. The number of ether oxygens (including phenoxy) is 7. The van der Waals surface area contributed by atoms with Crippen LogP contribution in [0.5, 0.6) is 0 Å². The Kier molecular flexibility index (Phi) is 13.8. The van der Waals surface area contributed by atoms with Crippen LogP contribution in [0.3, 0.4) is 0 Å². The van der Waals surface area contributed by atoms with E-state index in [-0.39, 0.29) is 6.42 Å². The molecule has 1 amide bonds. The van der Waals surface area contributed by atoms with Gasteiger partial charge in [-0.15, -0.1) is 0 Å². The molecule has 248 valence electrons. The Morgan fingerprint density at radius 1 is 0.889 bits per heavy atom. The normalized spacial score (nSPS) is 22.1. The molecule has 1 N–H and O–H groups in total. The minimum Gasteiger partial charge on any atom is -0.466 e. The first-order chi connectivity index (χ1) is 21.1. The van der Waals surface area contributed by atoms with Crippen LogP contribution in [0, 0.1) is 6.92 Å². The minimum atomic E-state index is -1.99. The molecule has 1 fully saturated rings. The molecule has 0 saturated carbocycles. The quantitative estimate of drug-likeness (QED) is 0.234. The van der Waals surface area contributed by atoms with Crippen molar-refractivity contribution in [3.63, 3.8) is 0 Å². The second-order valence-electron chi connectivity index (χ2n) is 9.99. The van der Waals surface area contributed by atoms with Crippen LogP contribution in [0.4, 0.5) is 0 Å². The van der Waals surface area contributed by atoms with E-state index < -0.39 is 90.3 Å². The van der Waals surface area contributed by atoms with E-state index in [2.05, 4.69) is 5.32 Å². The predicted octanol–water partition coefficient (Wildman–Crippen LogP) is 1.15. The van der Waals surface area contributed by atoms with Crippen molar-refractivity contribution in [3.8, 4) is 0 Å². The average Bonchev–Trinajstić information content (AvgIpc) is 2.94. The summed E-state index contributed by atoms with van der Waals surface area (Å²) in [5.41, 5.74) is 0.923. The van der Waals surface area contributed by atoms with E-state index in [1.165, 1.54) is 0 Å². The van der Waals surface area contributed by atoms with Crippen LogP contribution in [-0.4, -0.2) is 97.4 Å². The van der Waals surface area contributed by atoms with Gasteiger partial charge in [0.1, 0.15) is 18.8 Å². The number of hydrogen-bond donors (Lipinski definition) is 1. The van der Waals surface area contributed by atoms with Crippen molar-refractivity contribution >= 4 is 53.5 Å². The zero-order valence-electron chi connectivity index (χ0n) is 25.9. The number of aryl methyl sites for hydroxylation is 1. The smallest absolute Gasteiger partial charge is 0.349 e. The van der Waals surface area contributed by atoms with Gasteiger partial charge in [0, 0.05) is 45.9 Å². The average molecular weight is 656 g/mol. The molecule has 1 aromatic carbocycles. The Bertz CT molecular complexity index is 1270. The highest BCUT2D eigenvalue weighted by molar-refractivity contribution is 8.01. The SMILES string of the molecule is COC(=O)[C@@]1(Sc2ccc(C)cc2)C[C@H](OC(C)=O)[C@@H](NC(=O)COC(C)=O)[C@H]([C@H](OC(C)=O)[C@@H](COC(C)=O)OC(C)=O)O1. The topological polar surface area (TPSA) is 196 Å². The lowest BCUT2D eigenvalue weighted by Gasteiger charge is -2.48. The van der Waals surface area contributed by atoms with E-state index in [9.17, 15) is 33.6 Å². The second kappa shape index (κ2) is 16.8. The molecule has 16 heteroatoms. The Morgan fingerprint density at radius 3 is 2.00 bits per heavy atom. The molecule has 0 unspecified atom stereocenters. The van der Waals surface area contributed by atoms with E-state index in [1.807, 2.05) is 6.92 Å². The summed E-state index contributed by atoms with van der Waals surface area (Å²) in [5, 5.41) is 2.55. The third kappa shape index (κ3) is 11.4. The highest BCUT2D eigenvalue weighted by Crippen LogP contribution is 2.46. The van der Waals surface area contributed by atoms with Crippen LogP contribution in [0.25, 0.3) is 0 Å². The van der Waals surface area contributed by atoms with E-state index >= 15 is 0 Å². The van der Waals surface area contributed by atoms with Crippen molar-refractivity contribution in [2.45, 2.75) is 88.2 Å². The molecule has 6 atom stereocenters. The number of hydrogen-bond acceptors (Lipinski definition) is 15. The molecule has 0 radical (unpaired) electrons. The van der Waals surface area contributed by atoms with Gasteiger partial charge in [0.15, 0.2) is 18.8 Å². The van der Waals surface area contributed by atoms with Crippen molar-refractivity contribution in [2.24, 2.45) is 0 Å². The molecule has 0 aliphatic carbocycles. The van der Waals surface area contributed by atoms with Gasteiger partial charge < -0.3 is 38.5 Å². The zero-order valence-corrected chi connectivity index (χ0v) is 26.8. The first-order valence-electron chi connectivity index (χ1n) is 13.7. The number of carbonyl (C=O) groups is 7. The highest BCUT2D eigenvalue weighted by Gasteiger charge is 2.59. The molecule has 45 heavy (non-hydrogen) atoms. The van der Waals surface area contributed by atoms with E-state index in [0.29, 0.717) is 4.90 Å². The Labute approximate surface area is 263 Å². The molecule has 0 spiro atoms. The molecule has 1 aromatic rings. The summed E-state index contributed by atoms with van der Waals surface area (Å²) in [5.74, 6) is -5.89. The lowest BCUT2D eigenvalue weighted by atomic mass is 9.89. The Hall–Kier alpha value is -4.18. The number of nitrogens with one attached hydrogen (secondary N) is 1. The lowest BCUT2D eigenvalue weighted by Crippen LogP contribution is -2.68. The number of esters is 6. The summed E-state index contributed by atoms with van der Waals surface area (Å²) in [6, 6.07) is 5.58. The van der Waals surface area contributed by atoms with Crippen molar-refractivity contribution < 1.29 is 66.7 Å². The summed E-state index contributed by atoms with van der Waals surface area (Å²) in [7, 11) is 1.11. The number of thioether (sulfide) groups is 1. The molecule has 1 aliphatic heterocycles. The van der Waals surface area contributed by atoms with Crippen LogP contribution in [-0.2, 0) is 66.7 Å². The molecule has 1 aliphatic rings. The maximum absolute atomic E-state index is 13.5. The van der Waals surface area contributed by atoms with Gasteiger partial charge in [-0.2, -0.15) is 0 Å². The summed E-state index contributed by atoms with van der Waals surface area (Å²) in [4.78, 5) is 84.9. The molecule has 15 nitrogen and oxygen atoms in total. The van der Waals surface area contributed by atoms with Crippen LogP contribution in [0.15, 0.2) is 29.2 Å². The summed E-state index contributed by atoms with van der Waals surface area (Å²) < 4.78 is 37.9. The predicted molar refractivity (Wildman–Crippen MR) is 153 cm³/mol. The van der Waals surface area contributed by atoms with Gasteiger partial charge in [-0.1, -0.05) is 29.5 Å². The van der Waals surface area contributed by atoms with E-state index in [0.717, 1.165) is 59.1 Å². The lowest BCUT2D eigenvalue weighted by molar-refractivity contribution is -0.224. The minimum absolute atomic E-state index is 0.387. The number of rotatable bonds is 13. The van der Waals surface area contributed by atoms with Crippen LogP contribution in [0.1, 0.15) is 46.6 Å². The summed E-state index contributed by atoms with van der Waals surface area (Å²) in [6.45, 7) is 5.86. The van der Waals surface area contributed by atoms with Crippen molar-refractivity contribution in [1.29, 1.82) is 0 Å². The first-order valence-corrected chi connectivity index (χ1v) is 14.5. The summed E-state index contributed by atoms with van der Waals surface area (Å²) in [6.07, 6.45) is -6.59. The largest absolute Gasteiger partial charge is 0.466 e. The van der Waals surface area contributed by atoms with Gasteiger partial charge in [-0.25, -0.2) is 4.79 Å². The van der Waals surface area contributed by atoms with Gasteiger partial charge in [-0.05, 0) is 19.1 Å². The molecule has 0 bridgehead atoms. The van der Waals surface area contributed by atoms with Crippen LogP contribution < -0.4 is 5.32 Å². The monoisotopic (exact) mass is 655 g/mol. The first kappa shape index (κ1) is 37.0. The standard InChI is InChI=1S/C29H37NO14S/c1-15-8-10-21(11-9-15)45-29(28(37)38-7)12-22(41-18(4)33)25(30-24(36)14-40-17(3)32)27(44-29)26(43-20(6)35)23(42-19(5)34)13-39-16(2)31/h8-11,22-23,25-27H,12-14H2,1-7H3,(H,30,36)/t22-,23+,25+,26+,27+,29-/m0/s1. The Morgan fingerprint density at radius 2 is 1.49 bits per heavy atom. The second-order valence-corrected chi connectivity index (χ2v) is 11.3. The molecule has 2 rings (SSSR count). The Balaban J connectivity index is 2.80. The van der Waals surface area contributed by atoms with Gasteiger partial charge >= 0.3 is 35.8 Å². The van der Waals surface area contributed by atoms with Crippen molar-refractivity contribution in [2.75, 3.05) is 20.3 Å². The van der Waals surface area contributed by atoms with Crippen molar-refractivity contribution in [3.05, 3.63) is 29.8 Å². The number of amides is 1. The van der Waals surface area contributed by atoms with Crippen LogP contribution >= 0.6 is 11.8 Å². The molecular formula is C29H37NO14S. The number of benzene rings is 1. The summed E-state index contributed by atoms with van der Waals surface area (Å²) >= 11 is 0.900. The number of carbonyl (C=O) groups excluding carboxylic acids is 7. The van der Waals surface area contributed by atoms with Gasteiger partial charge in [0.2, 0.25) is 4.93 Å². The molecular weight excluding hydrogens is 618 g/mol. The van der Waals surface area contributed by atoms with E-state index in [1.54, 1.807) is 24.3 Å². The van der Waals surface area contributed by atoms with E-state index in [4.69, 9.17) is 33.2 Å². The maximum atomic E-state index is 13.5. The fourth-order valence-corrected chi connectivity index (χ4v) is 5.69. The third-order valence-corrected chi connectivity index (χ3v) is 7.43. The fourth-order valence-electron chi connectivity index (χ4n) is 4.46. The van der Waals surface area contributed by atoms with Gasteiger partial charge in [0.25, 0.3) is 5.91 Å². The van der Waals surface area contributed by atoms with Gasteiger partial charge in [-0.3, -0.25) is 28.8 Å². The number of methoxy groups -OCH3 is 1. The zero-order chi connectivity index (χ0) is 33.9. The van der Waals surface area contributed by atoms with Crippen molar-refractivity contribution in [1.82, 2.24) is 5.32 Å². The molecule has 1 saturated heterocycles. The molecule has 0 aromatic heterocycles. The van der Waals surface area contributed by atoms with Crippen LogP contribution in [0.2, 0.25) is 0 Å².